The van der Waals surface area contributed by atoms with Crippen LogP contribution in [0.2, 0.25) is 0 Å². The van der Waals surface area contributed by atoms with Crippen LogP contribution in [-0.4, -0.2) is 40.1 Å². The summed E-state index contributed by atoms with van der Waals surface area (Å²) in [7, 11) is 0. The van der Waals surface area contributed by atoms with Gasteiger partial charge in [0.15, 0.2) is 18.0 Å². The largest absolute Gasteiger partial charge is 0.479 e. The molecule has 0 aromatic rings. The summed E-state index contributed by atoms with van der Waals surface area (Å²) in [6, 6.07) is 0. The highest BCUT2D eigenvalue weighted by Crippen LogP contribution is 2.37. The summed E-state index contributed by atoms with van der Waals surface area (Å²) in [5, 5.41) is 18.9. The quantitative estimate of drug-likeness (QED) is 0.166. The Morgan fingerprint density at radius 2 is 1.27 bits per heavy atom. The van der Waals surface area contributed by atoms with Gasteiger partial charge < -0.3 is 19.7 Å². The van der Waals surface area contributed by atoms with E-state index in [1.54, 1.807) is 0 Å². The molecule has 6 nitrogen and oxygen atoms in total. The molecule has 1 rings (SSSR count). The number of ether oxygens (including phenoxy) is 2. The Morgan fingerprint density at radius 3 is 1.73 bits per heavy atom. The highest BCUT2D eigenvalue weighted by atomic mass is 16.8. The third-order valence-electron chi connectivity index (χ3n) is 6.21. The third-order valence-corrected chi connectivity index (χ3v) is 6.21. The van der Waals surface area contributed by atoms with Crippen LogP contribution in [-0.2, 0) is 19.1 Å². The molecule has 33 heavy (non-hydrogen) atoms. The molecule has 0 amide bonds. The van der Waals surface area contributed by atoms with Gasteiger partial charge in [0.05, 0.1) is 0 Å². The van der Waals surface area contributed by atoms with E-state index in [1.165, 1.54) is 50.5 Å². The van der Waals surface area contributed by atoms with Gasteiger partial charge in [0.1, 0.15) is 0 Å². The number of hydrogen-bond acceptors (Lipinski definition) is 4. The predicted molar refractivity (Wildman–Crippen MR) is 131 cm³/mol. The van der Waals surface area contributed by atoms with Crippen molar-refractivity contribution in [1.29, 1.82) is 0 Å². The van der Waals surface area contributed by atoms with E-state index in [2.05, 4.69) is 26.8 Å². The molecule has 190 valence electrons. The van der Waals surface area contributed by atoms with Crippen LogP contribution in [0.5, 0.6) is 0 Å². The Balaban J connectivity index is 2.63. The molecule has 1 aliphatic rings. The molecular formula is C27H46O6. The maximum atomic E-state index is 11.6. The van der Waals surface area contributed by atoms with E-state index in [4.69, 9.17) is 9.47 Å². The summed E-state index contributed by atoms with van der Waals surface area (Å²) in [6.07, 6.45) is 15.8. The van der Waals surface area contributed by atoms with Gasteiger partial charge in [-0.15, -0.1) is 0 Å². The van der Waals surface area contributed by atoms with Gasteiger partial charge in [-0.05, 0) is 40.0 Å². The van der Waals surface area contributed by atoms with Crippen LogP contribution in [0.1, 0.15) is 118 Å². The van der Waals surface area contributed by atoms with Gasteiger partial charge in [-0.3, -0.25) is 0 Å². The molecule has 1 fully saturated rings. The Bertz CT molecular complexity index is 625. The minimum Gasteiger partial charge on any atom is -0.479 e. The first-order valence-electron chi connectivity index (χ1n) is 12.8. The number of rotatable bonds is 18. The van der Waals surface area contributed by atoms with Crippen LogP contribution in [0.3, 0.4) is 0 Å². The van der Waals surface area contributed by atoms with Crippen LogP contribution in [0.15, 0.2) is 23.3 Å². The van der Waals surface area contributed by atoms with Crippen molar-refractivity contribution in [2.45, 2.75) is 136 Å². The Labute approximate surface area is 200 Å². The zero-order valence-corrected chi connectivity index (χ0v) is 21.2. The number of carbonyl (C=O) groups is 2. The molecule has 2 atom stereocenters. The molecule has 2 N–H and O–H groups in total. The second-order valence-electron chi connectivity index (χ2n) is 9.67. The molecule has 0 aromatic heterocycles. The summed E-state index contributed by atoms with van der Waals surface area (Å²) in [6.45, 7) is 8.40. The van der Waals surface area contributed by atoms with E-state index in [1.807, 2.05) is 13.0 Å². The van der Waals surface area contributed by atoms with Crippen LogP contribution < -0.4 is 0 Å². The number of carboxylic acids is 2. The van der Waals surface area contributed by atoms with Crippen molar-refractivity contribution < 1.29 is 29.3 Å². The van der Waals surface area contributed by atoms with Crippen LogP contribution in [0.4, 0.5) is 0 Å². The van der Waals surface area contributed by atoms with E-state index in [0.29, 0.717) is 12.8 Å². The van der Waals surface area contributed by atoms with Crippen molar-refractivity contribution in [3.05, 3.63) is 23.3 Å². The lowest BCUT2D eigenvalue weighted by Crippen LogP contribution is -2.36. The molecule has 0 bridgehead atoms. The van der Waals surface area contributed by atoms with Gasteiger partial charge in [0.25, 0.3) is 0 Å². The Kier molecular flexibility index (Phi) is 14.3. The fourth-order valence-corrected chi connectivity index (χ4v) is 4.19. The molecule has 0 radical (unpaired) electrons. The highest BCUT2D eigenvalue weighted by molar-refractivity contribution is 5.84. The van der Waals surface area contributed by atoms with Crippen molar-refractivity contribution in [2.75, 3.05) is 0 Å². The van der Waals surface area contributed by atoms with Crippen molar-refractivity contribution in [3.63, 3.8) is 0 Å². The topological polar surface area (TPSA) is 93.1 Å². The molecular weight excluding hydrogens is 420 g/mol. The van der Waals surface area contributed by atoms with Crippen molar-refractivity contribution in [2.24, 2.45) is 0 Å². The van der Waals surface area contributed by atoms with Gasteiger partial charge in [-0.2, -0.15) is 0 Å². The van der Waals surface area contributed by atoms with Gasteiger partial charge in [0, 0.05) is 12.8 Å². The minimum absolute atomic E-state index is 0.360. The molecule has 6 heteroatoms. The lowest BCUT2D eigenvalue weighted by atomic mass is 10.00. The maximum Gasteiger partial charge on any atom is 0.336 e. The average molecular weight is 467 g/mol. The highest BCUT2D eigenvalue weighted by Gasteiger charge is 2.53. The second-order valence-corrected chi connectivity index (χ2v) is 9.67. The molecule has 1 heterocycles. The Morgan fingerprint density at radius 1 is 0.788 bits per heavy atom. The van der Waals surface area contributed by atoms with Gasteiger partial charge in [-0.25, -0.2) is 9.59 Å². The zero-order chi connectivity index (χ0) is 24.7. The number of unbranched alkanes of at least 4 members (excludes halogenated alkanes) is 9. The second kappa shape index (κ2) is 16.0. The molecule has 0 spiro atoms. The number of allylic oxidation sites excluding steroid dienone is 3. The smallest absolute Gasteiger partial charge is 0.336 e. The van der Waals surface area contributed by atoms with Crippen molar-refractivity contribution in [1.82, 2.24) is 0 Å². The SMILES string of the molecule is CCCCCCCCCCCCC1(C/C=C(\C)CCC=C(C)C)O[C@@H](C(=O)O)[C@H](C(=O)O)O1. The van der Waals surface area contributed by atoms with Gasteiger partial charge in [-0.1, -0.05) is 88.0 Å². The van der Waals surface area contributed by atoms with Gasteiger partial charge in [0.2, 0.25) is 0 Å². The van der Waals surface area contributed by atoms with Crippen LogP contribution in [0, 0.1) is 0 Å². The lowest BCUT2D eigenvalue weighted by molar-refractivity contribution is -0.189. The lowest BCUT2D eigenvalue weighted by Gasteiger charge is -2.27. The van der Waals surface area contributed by atoms with E-state index >= 15 is 0 Å². The van der Waals surface area contributed by atoms with Crippen LogP contribution in [0.25, 0.3) is 0 Å². The summed E-state index contributed by atoms with van der Waals surface area (Å²) in [5.41, 5.74) is 2.43. The standard InChI is InChI=1S/C27H46O6/c1-5-6-7-8-9-10-11-12-13-14-19-27(20-18-22(4)17-15-16-21(2)3)32-23(25(28)29)24(33-27)26(30)31/h16,18,23-24H,5-15,17,19-20H2,1-4H3,(H,28,29)(H,30,31)/b22-18+/t23-,24-/m1/s1. The summed E-state index contributed by atoms with van der Waals surface area (Å²) >= 11 is 0. The third kappa shape index (κ3) is 11.9. The maximum absolute atomic E-state index is 11.6. The van der Waals surface area contributed by atoms with Gasteiger partial charge >= 0.3 is 11.9 Å². The predicted octanol–water partition coefficient (Wildman–Crippen LogP) is 7.03. The van der Waals surface area contributed by atoms with Crippen LogP contribution >= 0.6 is 0 Å². The summed E-state index contributed by atoms with van der Waals surface area (Å²) < 4.78 is 11.6. The monoisotopic (exact) mass is 466 g/mol. The molecule has 0 aliphatic carbocycles. The molecule has 1 saturated heterocycles. The fraction of sp³-hybridized carbons (Fsp3) is 0.778. The first-order valence-corrected chi connectivity index (χ1v) is 12.8. The molecule has 0 aromatic carbocycles. The minimum atomic E-state index is -1.48. The summed E-state index contributed by atoms with van der Waals surface area (Å²) in [5.74, 6) is -3.78. The number of hydrogen-bond donors (Lipinski definition) is 2. The van der Waals surface area contributed by atoms with E-state index in [0.717, 1.165) is 37.7 Å². The van der Waals surface area contributed by atoms with E-state index in [-0.39, 0.29) is 0 Å². The van der Waals surface area contributed by atoms with E-state index < -0.39 is 29.9 Å². The number of aliphatic carboxylic acids is 2. The first-order chi connectivity index (χ1) is 15.7. The van der Waals surface area contributed by atoms with Crippen molar-refractivity contribution >= 4 is 11.9 Å². The number of carboxylic acid groups (broad SMARTS) is 2. The van der Waals surface area contributed by atoms with Crippen molar-refractivity contribution in [3.8, 4) is 0 Å². The average Bonchev–Trinajstić information content (AvgIpc) is 3.14. The molecule has 0 saturated carbocycles. The van der Waals surface area contributed by atoms with E-state index in [9.17, 15) is 19.8 Å². The normalized spacial score (nSPS) is 20.1. The molecule has 1 aliphatic heterocycles. The Hall–Kier alpha value is -1.66. The molecule has 0 unspecified atom stereocenters. The zero-order valence-electron chi connectivity index (χ0n) is 21.2. The fourth-order valence-electron chi connectivity index (χ4n) is 4.19. The summed E-state index contributed by atoms with van der Waals surface area (Å²) in [4.78, 5) is 23.2. The first kappa shape index (κ1) is 29.4.